The number of likely N-dealkylation sites (tertiary alicyclic amines) is 1. The number of carbonyl (C=O) groups is 2. The maximum atomic E-state index is 13.2. The Bertz CT molecular complexity index is 844. The van der Waals surface area contributed by atoms with E-state index in [0.29, 0.717) is 37.4 Å². The minimum Gasteiger partial charge on any atom is -0.378 e. The number of piperidine rings is 1. The second-order valence-electron chi connectivity index (χ2n) is 7.38. The summed E-state index contributed by atoms with van der Waals surface area (Å²) in [7, 11) is 0. The van der Waals surface area contributed by atoms with Crippen molar-refractivity contribution < 1.29 is 14.3 Å². The highest BCUT2D eigenvalue weighted by atomic mass is 16.5. The van der Waals surface area contributed by atoms with Gasteiger partial charge < -0.3 is 19.9 Å². The second kappa shape index (κ2) is 9.05. The molecule has 0 bridgehead atoms. The van der Waals surface area contributed by atoms with E-state index < -0.39 is 0 Å². The first-order valence-corrected chi connectivity index (χ1v) is 10.2. The summed E-state index contributed by atoms with van der Waals surface area (Å²) in [5.41, 5.74) is 1.30. The molecule has 0 spiro atoms. The Morgan fingerprint density at radius 2 is 1.69 bits per heavy atom. The lowest BCUT2D eigenvalue weighted by atomic mass is 10.0. The van der Waals surface area contributed by atoms with Gasteiger partial charge >= 0.3 is 0 Å². The first kappa shape index (κ1) is 19.4. The van der Waals surface area contributed by atoms with Crippen LogP contribution in [0.25, 0.3) is 0 Å². The molecular formula is C22H26N4O3. The zero-order valence-corrected chi connectivity index (χ0v) is 16.4. The largest absolute Gasteiger partial charge is 0.378 e. The van der Waals surface area contributed by atoms with Gasteiger partial charge in [0.15, 0.2) is 0 Å². The Morgan fingerprint density at radius 1 is 0.966 bits per heavy atom. The van der Waals surface area contributed by atoms with Crippen LogP contribution in [0.1, 0.15) is 33.6 Å². The molecule has 2 aliphatic rings. The zero-order valence-electron chi connectivity index (χ0n) is 16.4. The van der Waals surface area contributed by atoms with Crippen molar-refractivity contribution in [1.29, 1.82) is 0 Å². The monoisotopic (exact) mass is 394 g/mol. The first-order chi connectivity index (χ1) is 14.2. The van der Waals surface area contributed by atoms with Crippen molar-refractivity contribution in [3.8, 4) is 0 Å². The van der Waals surface area contributed by atoms with Gasteiger partial charge in [0.05, 0.1) is 18.8 Å². The summed E-state index contributed by atoms with van der Waals surface area (Å²) in [4.78, 5) is 34.0. The highest BCUT2D eigenvalue weighted by Crippen LogP contribution is 2.22. The number of aromatic nitrogens is 1. The summed E-state index contributed by atoms with van der Waals surface area (Å²) in [6.45, 7) is 4.02. The van der Waals surface area contributed by atoms with E-state index in [1.54, 1.807) is 6.20 Å². The van der Waals surface area contributed by atoms with Crippen LogP contribution in [0.15, 0.2) is 48.7 Å². The Labute approximate surface area is 170 Å². The predicted octanol–water partition coefficient (Wildman–Crippen LogP) is 1.95. The van der Waals surface area contributed by atoms with Crippen LogP contribution in [0.4, 0.5) is 5.82 Å². The number of anilines is 1. The van der Waals surface area contributed by atoms with Crippen LogP contribution in [0.3, 0.4) is 0 Å². The van der Waals surface area contributed by atoms with Crippen molar-refractivity contribution in [2.75, 3.05) is 44.3 Å². The number of hydrogen-bond acceptors (Lipinski definition) is 5. The van der Waals surface area contributed by atoms with Crippen LogP contribution in [0.5, 0.6) is 0 Å². The van der Waals surface area contributed by atoms with Crippen molar-refractivity contribution >= 4 is 17.6 Å². The van der Waals surface area contributed by atoms with E-state index in [1.807, 2.05) is 47.4 Å². The number of pyridine rings is 1. The molecule has 0 aliphatic carbocycles. The molecule has 2 amide bonds. The SMILES string of the molecule is O=C(NC1CCN(C(=O)c2cccnc2N2CCOCC2)CC1)c1ccccc1. The van der Waals surface area contributed by atoms with Crippen molar-refractivity contribution in [3.63, 3.8) is 0 Å². The molecule has 1 N–H and O–H groups in total. The van der Waals surface area contributed by atoms with Gasteiger partial charge in [0.25, 0.3) is 11.8 Å². The minimum atomic E-state index is -0.0581. The third-order valence-corrected chi connectivity index (χ3v) is 5.48. The lowest BCUT2D eigenvalue weighted by Gasteiger charge is -2.34. The number of rotatable bonds is 4. The maximum Gasteiger partial charge on any atom is 0.257 e. The molecule has 0 saturated carbocycles. The molecular weight excluding hydrogens is 368 g/mol. The van der Waals surface area contributed by atoms with Crippen LogP contribution >= 0.6 is 0 Å². The Kier molecular flexibility index (Phi) is 6.05. The topological polar surface area (TPSA) is 74.8 Å². The van der Waals surface area contributed by atoms with E-state index in [2.05, 4.69) is 15.2 Å². The standard InChI is InChI=1S/C22H26N4O3/c27-21(17-5-2-1-3-6-17)24-18-8-11-26(12-9-18)22(28)19-7-4-10-23-20(19)25-13-15-29-16-14-25/h1-7,10,18H,8-9,11-16H2,(H,24,27). The Balaban J connectivity index is 1.36. The summed E-state index contributed by atoms with van der Waals surface area (Å²) in [5, 5.41) is 3.09. The number of morpholine rings is 1. The normalized spacial score (nSPS) is 17.8. The van der Waals surface area contributed by atoms with Gasteiger partial charge in [0.2, 0.25) is 0 Å². The van der Waals surface area contributed by atoms with Crippen LogP contribution in [-0.4, -0.2) is 67.1 Å². The van der Waals surface area contributed by atoms with E-state index in [9.17, 15) is 9.59 Å². The lowest BCUT2D eigenvalue weighted by Crippen LogP contribution is -2.47. The van der Waals surface area contributed by atoms with E-state index in [1.165, 1.54) is 0 Å². The van der Waals surface area contributed by atoms with Gasteiger partial charge in [-0.2, -0.15) is 0 Å². The summed E-state index contributed by atoms with van der Waals surface area (Å²) in [6, 6.07) is 13.0. The molecule has 1 aromatic heterocycles. The molecule has 1 aromatic carbocycles. The van der Waals surface area contributed by atoms with E-state index in [0.717, 1.165) is 31.7 Å². The Morgan fingerprint density at radius 3 is 2.41 bits per heavy atom. The molecule has 0 unspecified atom stereocenters. The molecule has 2 fully saturated rings. The molecule has 2 aliphatic heterocycles. The number of amides is 2. The fraction of sp³-hybridized carbons (Fsp3) is 0.409. The van der Waals surface area contributed by atoms with Crippen molar-refractivity contribution in [2.45, 2.75) is 18.9 Å². The molecule has 7 heteroatoms. The number of nitrogens with one attached hydrogen (secondary N) is 1. The quantitative estimate of drug-likeness (QED) is 0.858. The van der Waals surface area contributed by atoms with E-state index >= 15 is 0 Å². The number of nitrogens with zero attached hydrogens (tertiary/aromatic N) is 3. The fourth-order valence-electron chi connectivity index (χ4n) is 3.85. The van der Waals surface area contributed by atoms with Crippen molar-refractivity contribution in [3.05, 3.63) is 59.8 Å². The second-order valence-corrected chi connectivity index (χ2v) is 7.38. The molecule has 3 heterocycles. The molecule has 0 atom stereocenters. The van der Waals surface area contributed by atoms with Gasteiger partial charge in [0.1, 0.15) is 5.82 Å². The third kappa shape index (κ3) is 4.56. The zero-order chi connectivity index (χ0) is 20.1. The number of benzene rings is 1. The minimum absolute atomic E-state index is 0.00688. The van der Waals surface area contributed by atoms with Gasteiger partial charge in [-0.15, -0.1) is 0 Å². The van der Waals surface area contributed by atoms with Gasteiger partial charge in [-0.25, -0.2) is 4.98 Å². The summed E-state index contributed by atoms with van der Waals surface area (Å²) >= 11 is 0. The van der Waals surface area contributed by atoms with Crippen LogP contribution in [0.2, 0.25) is 0 Å². The average Bonchev–Trinajstić information content (AvgIpc) is 2.80. The van der Waals surface area contributed by atoms with Crippen molar-refractivity contribution in [2.24, 2.45) is 0 Å². The number of hydrogen-bond donors (Lipinski definition) is 1. The highest BCUT2D eigenvalue weighted by Gasteiger charge is 2.28. The smallest absolute Gasteiger partial charge is 0.257 e. The van der Waals surface area contributed by atoms with Crippen LogP contribution < -0.4 is 10.2 Å². The molecule has 29 heavy (non-hydrogen) atoms. The fourth-order valence-corrected chi connectivity index (χ4v) is 3.85. The molecule has 2 saturated heterocycles. The molecule has 2 aromatic rings. The van der Waals surface area contributed by atoms with Crippen LogP contribution in [-0.2, 0) is 4.74 Å². The number of carbonyl (C=O) groups excluding carboxylic acids is 2. The van der Waals surface area contributed by atoms with Gasteiger partial charge in [-0.05, 0) is 37.1 Å². The first-order valence-electron chi connectivity index (χ1n) is 10.2. The molecule has 152 valence electrons. The third-order valence-electron chi connectivity index (χ3n) is 5.48. The highest BCUT2D eigenvalue weighted by molar-refractivity contribution is 5.99. The Hall–Kier alpha value is -2.93. The van der Waals surface area contributed by atoms with Crippen molar-refractivity contribution in [1.82, 2.24) is 15.2 Å². The maximum absolute atomic E-state index is 13.2. The summed E-state index contributed by atoms with van der Waals surface area (Å²) in [6.07, 6.45) is 3.22. The molecule has 0 radical (unpaired) electrons. The van der Waals surface area contributed by atoms with E-state index in [-0.39, 0.29) is 17.9 Å². The molecule has 4 rings (SSSR count). The molecule has 7 nitrogen and oxygen atoms in total. The summed E-state index contributed by atoms with van der Waals surface area (Å²) < 4.78 is 5.41. The van der Waals surface area contributed by atoms with Crippen LogP contribution in [0, 0.1) is 0 Å². The predicted molar refractivity (Wildman–Crippen MR) is 110 cm³/mol. The summed E-state index contributed by atoms with van der Waals surface area (Å²) in [5.74, 6) is 0.685. The van der Waals surface area contributed by atoms with Gasteiger partial charge in [-0.3, -0.25) is 9.59 Å². The average molecular weight is 394 g/mol. The lowest BCUT2D eigenvalue weighted by molar-refractivity contribution is 0.0697. The van der Waals surface area contributed by atoms with Gasteiger partial charge in [0, 0.05) is 44.0 Å². The van der Waals surface area contributed by atoms with Gasteiger partial charge in [-0.1, -0.05) is 18.2 Å². The van der Waals surface area contributed by atoms with E-state index in [4.69, 9.17) is 4.74 Å². The number of ether oxygens (including phenoxy) is 1.